The van der Waals surface area contributed by atoms with Crippen molar-refractivity contribution in [2.45, 2.75) is 13.1 Å². The molecule has 0 saturated heterocycles. The SMILES string of the molecule is CN(C)c1cnn(CC(=O)NCc2nc(-c3ccccc3)no2)c(=O)c1. The normalized spacial score (nSPS) is 10.5. The fourth-order valence-corrected chi connectivity index (χ4v) is 2.18. The van der Waals surface area contributed by atoms with Crippen LogP contribution in [-0.2, 0) is 17.9 Å². The Labute approximate surface area is 149 Å². The number of hydrogen-bond donors (Lipinski definition) is 1. The minimum atomic E-state index is -0.378. The Kier molecular flexibility index (Phi) is 5.07. The molecule has 2 heterocycles. The standard InChI is InChI=1S/C17H18N6O3/c1-22(2)13-8-16(25)23(19-9-13)11-14(24)18-10-15-20-17(21-26-15)12-6-4-3-5-7-12/h3-9H,10-11H2,1-2H3,(H,18,24). The Bertz CT molecular complexity index is 948. The second-order valence-corrected chi connectivity index (χ2v) is 5.76. The quantitative estimate of drug-likeness (QED) is 0.693. The molecule has 26 heavy (non-hydrogen) atoms. The first-order chi connectivity index (χ1) is 12.5. The van der Waals surface area contributed by atoms with Crippen LogP contribution in [0.2, 0.25) is 0 Å². The van der Waals surface area contributed by atoms with Gasteiger partial charge in [0.1, 0.15) is 6.54 Å². The minimum absolute atomic E-state index is 0.0726. The lowest BCUT2D eigenvalue weighted by Gasteiger charge is -2.12. The van der Waals surface area contributed by atoms with Crippen molar-refractivity contribution in [1.29, 1.82) is 0 Å². The molecule has 0 aliphatic carbocycles. The molecule has 0 unspecified atom stereocenters. The molecule has 0 aliphatic heterocycles. The second kappa shape index (κ2) is 7.60. The summed E-state index contributed by atoms with van der Waals surface area (Å²) in [5, 5.41) is 10.5. The number of carbonyl (C=O) groups excluding carboxylic acids is 1. The highest BCUT2D eigenvalue weighted by molar-refractivity contribution is 5.75. The highest BCUT2D eigenvalue weighted by Crippen LogP contribution is 2.14. The van der Waals surface area contributed by atoms with Gasteiger partial charge in [-0.25, -0.2) is 4.68 Å². The fraction of sp³-hybridized carbons (Fsp3) is 0.235. The monoisotopic (exact) mass is 354 g/mol. The van der Waals surface area contributed by atoms with Crippen LogP contribution in [0, 0.1) is 0 Å². The highest BCUT2D eigenvalue weighted by atomic mass is 16.5. The van der Waals surface area contributed by atoms with Gasteiger partial charge in [0, 0.05) is 25.7 Å². The van der Waals surface area contributed by atoms with Crippen LogP contribution in [0.3, 0.4) is 0 Å². The van der Waals surface area contributed by atoms with E-state index in [4.69, 9.17) is 4.52 Å². The summed E-state index contributed by atoms with van der Waals surface area (Å²) < 4.78 is 6.21. The highest BCUT2D eigenvalue weighted by Gasteiger charge is 2.11. The van der Waals surface area contributed by atoms with Crippen molar-refractivity contribution in [2.75, 3.05) is 19.0 Å². The molecule has 2 aromatic heterocycles. The molecule has 0 aliphatic rings. The summed E-state index contributed by atoms with van der Waals surface area (Å²) in [6.45, 7) is -0.116. The lowest BCUT2D eigenvalue weighted by molar-refractivity contribution is -0.122. The summed E-state index contributed by atoms with van der Waals surface area (Å²) in [5.41, 5.74) is 1.15. The van der Waals surface area contributed by atoms with Crippen LogP contribution in [0.25, 0.3) is 11.4 Å². The Morgan fingerprint density at radius 1 is 1.27 bits per heavy atom. The average molecular weight is 354 g/mol. The van der Waals surface area contributed by atoms with E-state index in [0.717, 1.165) is 10.2 Å². The van der Waals surface area contributed by atoms with Crippen LogP contribution in [0.1, 0.15) is 5.89 Å². The molecule has 1 amide bonds. The van der Waals surface area contributed by atoms with Crippen molar-refractivity contribution in [3.05, 3.63) is 58.8 Å². The molecule has 9 heteroatoms. The first kappa shape index (κ1) is 17.3. The Balaban J connectivity index is 1.58. The Morgan fingerprint density at radius 3 is 2.73 bits per heavy atom. The van der Waals surface area contributed by atoms with Gasteiger partial charge in [-0.3, -0.25) is 9.59 Å². The van der Waals surface area contributed by atoms with Crippen molar-refractivity contribution < 1.29 is 9.32 Å². The van der Waals surface area contributed by atoms with Crippen molar-refractivity contribution in [2.24, 2.45) is 0 Å². The number of nitrogens with one attached hydrogen (secondary N) is 1. The summed E-state index contributed by atoms with van der Waals surface area (Å²) in [5.74, 6) is 0.351. The third kappa shape index (κ3) is 4.12. The van der Waals surface area contributed by atoms with Gasteiger partial charge in [0.25, 0.3) is 5.56 Å². The zero-order chi connectivity index (χ0) is 18.5. The number of benzene rings is 1. The van der Waals surface area contributed by atoms with Crippen molar-refractivity contribution >= 4 is 11.6 Å². The maximum atomic E-state index is 12.0. The predicted molar refractivity (Wildman–Crippen MR) is 94.4 cm³/mol. The number of nitrogens with zero attached hydrogens (tertiary/aromatic N) is 5. The molecule has 0 bridgehead atoms. The maximum absolute atomic E-state index is 12.0. The lowest BCUT2D eigenvalue weighted by Crippen LogP contribution is -2.33. The summed E-state index contributed by atoms with van der Waals surface area (Å²) in [6, 6.07) is 10.8. The van der Waals surface area contributed by atoms with E-state index in [-0.39, 0.29) is 30.4 Å². The smallest absolute Gasteiger partial charge is 0.269 e. The van der Waals surface area contributed by atoms with E-state index in [2.05, 4.69) is 20.6 Å². The molecule has 0 radical (unpaired) electrons. The topological polar surface area (TPSA) is 106 Å². The average Bonchev–Trinajstić information content (AvgIpc) is 3.11. The molecular weight excluding hydrogens is 336 g/mol. The number of aromatic nitrogens is 4. The van der Waals surface area contributed by atoms with Gasteiger partial charge >= 0.3 is 0 Å². The van der Waals surface area contributed by atoms with Crippen molar-refractivity contribution in [3.63, 3.8) is 0 Å². The molecule has 1 N–H and O–H groups in total. The minimum Gasteiger partial charge on any atom is -0.376 e. The van der Waals surface area contributed by atoms with E-state index in [1.807, 2.05) is 44.4 Å². The van der Waals surface area contributed by atoms with E-state index in [1.165, 1.54) is 12.3 Å². The molecule has 3 aromatic rings. The van der Waals surface area contributed by atoms with Crippen LogP contribution < -0.4 is 15.8 Å². The first-order valence-electron chi connectivity index (χ1n) is 7.92. The van der Waals surface area contributed by atoms with Crippen LogP contribution in [0.15, 0.2) is 51.9 Å². The molecule has 0 fully saturated rings. The number of carbonyl (C=O) groups is 1. The van der Waals surface area contributed by atoms with Crippen LogP contribution in [-0.4, -0.2) is 39.9 Å². The summed E-state index contributed by atoms with van der Waals surface area (Å²) in [6.07, 6.45) is 1.53. The van der Waals surface area contributed by atoms with Crippen LogP contribution >= 0.6 is 0 Å². The van der Waals surface area contributed by atoms with Gasteiger partial charge in [0.05, 0.1) is 18.4 Å². The fourth-order valence-electron chi connectivity index (χ4n) is 2.18. The van der Waals surface area contributed by atoms with E-state index in [0.29, 0.717) is 11.5 Å². The maximum Gasteiger partial charge on any atom is 0.269 e. The van der Waals surface area contributed by atoms with E-state index in [9.17, 15) is 9.59 Å². The van der Waals surface area contributed by atoms with Gasteiger partial charge in [-0.15, -0.1) is 0 Å². The second-order valence-electron chi connectivity index (χ2n) is 5.76. The molecule has 1 aromatic carbocycles. The van der Waals surface area contributed by atoms with Crippen LogP contribution in [0.5, 0.6) is 0 Å². The van der Waals surface area contributed by atoms with Crippen LogP contribution in [0.4, 0.5) is 5.69 Å². The predicted octanol–water partition coefficient (Wildman–Crippen LogP) is 0.676. The number of hydrogen-bond acceptors (Lipinski definition) is 7. The first-order valence-corrected chi connectivity index (χ1v) is 7.92. The summed E-state index contributed by atoms with van der Waals surface area (Å²) in [7, 11) is 3.61. The number of rotatable bonds is 6. The van der Waals surface area contributed by atoms with Gasteiger partial charge in [-0.1, -0.05) is 35.5 Å². The van der Waals surface area contributed by atoms with Gasteiger partial charge in [-0.2, -0.15) is 10.1 Å². The largest absolute Gasteiger partial charge is 0.376 e. The molecule has 3 rings (SSSR count). The molecule has 9 nitrogen and oxygen atoms in total. The van der Waals surface area contributed by atoms with Crippen molar-refractivity contribution in [3.8, 4) is 11.4 Å². The third-order valence-corrected chi connectivity index (χ3v) is 3.60. The summed E-state index contributed by atoms with van der Waals surface area (Å²) >= 11 is 0. The van der Waals surface area contributed by atoms with E-state index < -0.39 is 0 Å². The summed E-state index contributed by atoms with van der Waals surface area (Å²) in [4.78, 5) is 30.0. The molecule has 0 atom stereocenters. The van der Waals surface area contributed by atoms with Crippen molar-refractivity contribution in [1.82, 2.24) is 25.2 Å². The van der Waals surface area contributed by atoms with Gasteiger partial charge in [0.2, 0.25) is 17.6 Å². The third-order valence-electron chi connectivity index (χ3n) is 3.60. The Morgan fingerprint density at radius 2 is 2.04 bits per heavy atom. The van der Waals surface area contributed by atoms with Gasteiger partial charge in [-0.05, 0) is 0 Å². The van der Waals surface area contributed by atoms with Gasteiger partial charge < -0.3 is 14.7 Å². The zero-order valence-electron chi connectivity index (χ0n) is 14.4. The van der Waals surface area contributed by atoms with Gasteiger partial charge in [0.15, 0.2) is 0 Å². The molecular formula is C17H18N6O3. The van der Waals surface area contributed by atoms with E-state index in [1.54, 1.807) is 4.90 Å². The zero-order valence-corrected chi connectivity index (χ0v) is 14.4. The molecule has 134 valence electrons. The number of amides is 1. The molecule has 0 saturated carbocycles. The van der Waals surface area contributed by atoms with E-state index >= 15 is 0 Å². The Hall–Kier alpha value is -3.49. The molecule has 0 spiro atoms. The number of anilines is 1. The lowest BCUT2D eigenvalue weighted by atomic mass is 10.2.